The second-order valence-corrected chi connectivity index (χ2v) is 6.93. The lowest BCUT2D eigenvalue weighted by Crippen LogP contribution is -2.47. The van der Waals surface area contributed by atoms with Gasteiger partial charge in [0.15, 0.2) is 0 Å². The standard InChI is InChI=1S/C21H25N3O5/c1-15(18-6-5-17(28-2)13-21(18)29-3)22-8-10-23(11-9-22)19-7-4-16(14-25)12-20(19)24(26)27/h4-7,12-15H,8-11H2,1-3H3. The van der Waals surface area contributed by atoms with Crippen LogP contribution in [-0.4, -0.2) is 56.5 Å². The molecule has 0 aromatic heterocycles. The molecular formula is C21H25N3O5. The number of rotatable bonds is 7. The van der Waals surface area contributed by atoms with Gasteiger partial charge in [0.2, 0.25) is 0 Å². The summed E-state index contributed by atoms with van der Waals surface area (Å²) in [7, 11) is 3.27. The van der Waals surface area contributed by atoms with Gasteiger partial charge in [-0.25, -0.2) is 0 Å². The molecule has 1 unspecified atom stereocenters. The van der Waals surface area contributed by atoms with Gasteiger partial charge in [-0.1, -0.05) is 6.07 Å². The van der Waals surface area contributed by atoms with Crippen LogP contribution >= 0.6 is 0 Å². The van der Waals surface area contributed by atoms with Gasteiger partial charge in [0.05, 0.1) is 19.1 Å². The zero-order chi connectivity index (χ0) is 21.0. The molecule has 0 bridgehead atoms. The first-order valence-electron chi connectivity index (χ1n) is 9.43. The summed E-state index contributed by atoms with van der Waals surface area (Å²) in [6.45, 7) is 4.95. The Morgan fingerprint density at radius 1 is 1.07 bits per heavy atom. The van der Waals surface area contributed by atoms with Crippen molar-refractivity contribution in [2.45, 2.75) is 13.0 Å². The lowest BCUT2D eigenvalue weighted by atomic mass is 10.0. The van der Waals surface area contributed by atoms with Gasteiger partial charge in [0, 0.05) is 55.5 Å². The van der Waals surface area contributed by atoms with Crippen molar-refractivity contribution < 1.29 is 19.2 Å². The van der Waals surface area contributed by atoms with Crippen LogP contribution in [0.15, 0.2) is 36.4 Å². The quantitative estimate of drug-likeness (QED) is 0.401. The van der Waals surface area contributed by atoms with E-state index in [2.05, 4.69) is 11.8 Å². The second kappa shape index (κ2) is 8.91. The maximum Gasteiger partial charge on any atom is 0.293 e. The minimum atomic E-state index is -0.431. The van der Waals surface area contributed by atoms with Crippen LogP contribution < -0.4 is 14.4 Å². The number of hydrogen-bond acceptors (Lipinski definition) is 7. The molecule has 1 fully saturated rings. The molecule has 0 amide bonds. The predicted octanol–water partition coefficient (Wildman–Crippen LogP) is 3.31. The van der Waals surface area contributed by atoms with E-state index in [1.807, 2.05) is 23.1 Å². The third-order valence-electron chi connectivity index (χ3n) is 5.43. The van der Waals surface area contributed by atoms with Crippen molar-refractivity contribution in [3.63, 3.8) is 0 Å². The van der Waals surface area contributed by atoms with Crippen molar-refractivity contribution in [1.29, 1.82) is 0 Å². The summed E-state index contributed by atoms with van der Waals surface area (Å²) in [6.07, 6.45) is 0.624. The third-order valence-corrected chi connectivity index (χ3v) is 5.43. The first-order valence-corrected chi connectivity index (χ1v) is 9.43. The number of methoxy groups -OCH3 is 2. The van der Waals surface area contributed by atoms with Crippen LogP contribution in [0.25, 0.3) is 0 Å². The van der Waals surface area contributed by atoms with E-state index in [0.29, 0.717) is 30.6 Å². The molecule has 0 spiro atoms. The summed E-state index contributed by atoms with van der Waals surface area (Å²) < 4.78 is 10.8. The van der Waals surface area contributed by atoms with Crippen molar-refractivity contribution in [1.82, 2.24) is 4.90 Å². The molecule has 2 aromatic carbocycles. The minimum absolute atomic E-state index is 0.0343. The predicted molar refractivity (Wildman–Crippen MR) is 110 cm³/mol. The van der Waals surface area contributed by atoms with E-state index < -0.39 is 4.92 Å². The Labute approximate surface area is 169 Å². The summed E-state index contributed by atoms with van der Waals surface area (Å²) in [6, 6.07) is 10.5. The highest BCUT2D eigenvalue weighted by atomic mass is 16.6. The van der Waals surface area contributed by atoms with Crippen molar-refractivity contribution in [2.75, 3.05) is 45.3 Å². The number of anilines is 1. The molecule has 1 aliphatic heterocycles. The summed E-state index contributed by atoms with van der Waals surface area (Å²) in [5.41, 5.74) is 1.89. The van der Waals surface area contributed by atoms with E-state index >= 15 is 0 Å². The fraction of sp³-hybridized carbons (Fsp3) is 0.381. The smallest absolute Gasteiger partial charge is 0.293 e. The fourth-order valence-corrected chi connectivity index (χ4v) is 3.74. The summed E-state index contributed by atoms with van der Waals surface area (Å²) in [4.78, 5) is 26.3. The van der Waals surface area contributed by atoms with Crippen LogP contribution in [0.3, 0.4) is 0 Å². The normalized spacial score (nSPS) is 15.6. The van der Waals surface area contributed by atoms with Crippen LogP contribution in [0, 0.1) is 10.1 Å². The maximum absolute atomic E-state index is 11.4. The largest absolute Gasteiger partial charge is 0.497 e. The molecule has 0 N–H and O–H groups in total. The Morgan fingerprint density at radius 3 is 2.38 bits per heavy atom. The first-order chi connectivity index (χ1) is 14.0. The number of benzene rings is 2. The van der Waals surface area contributed by atoms with Gasteiger partial charge >= 0.3 is 0 Å². The summed E-state index contributed by atoms with van der Waals surface area (Å²) >= 11 is 0. The highest BCUT2D eigenvalue weighted by Gasteiger charge is 2.27. The van der Waals surface area contributed by atoms with Gasteiger partial charge in [0.1, 0.15) is 23.5 Å². The van der Waals surface area contributed by atoms with Gasteiger partial charge in [-0.2, -0.15) is 0 Å². The molecule has 1 saturated heterocycles. The van der Waals surface area contributed by atoms with E-state index in [0.717, 1.165) is 30.2 Å². The van der Waals surface area contributed by atoms with Gasteiger partial charge in [-0.15, -0.1) is 0 Å². The molecule has 1 heterocycles. The van der Waals surface area contributed by atoms with Crippen molar-refractivity contribution in [3.05, 3.63) is 57.6 Å². The Balaban J connectivity index is 1.74. The number of nitro benzene ring substituents is 1. The highest BCUT2D eigenvalue weighted by molar-refractivity contribution is 5.79. The van der Waals surface area contributed by atoms with Crippen LogP contribution in [0.2, 0.25) is 0 Å². The number of carbonyl (C=O) groups excluding carboxylic acids is 1. The number of piperazine rings is 1. The molecular weight excluding hydrogens is 374 g/mol. The van der Waals surface area contributed by atoms with E-state index in [1.165, 1.54) is 6.07 Å². The third kappa shape index (κ3) is 4.32. The monoisotopic (exact) mass is 399 g/mol. The van der Waals surface area contributed by atoms with Crippen LogP contribution in [0.1, 0.15) is 28.9 Å². The summed E-state index contributed by atoms with van der Waals surface area (Å²) in [5.74, 6) is 1.52. The van der Waals surface area contributed by atoms with Crippen molar-refractivity contribution in [3.8, 4) is 11.5 Å². The molecule has 8 nitrogen and oxygen atoms in total. The van der Waals surface area contributed by atoms with E-state index in [9.17, 15) is 14.9 Å². The molecule has 8 heteroatoms. The number of ether oxygens (including phenoxy) is 2. The maximum atomic E-state index is 11.4. The number of aldehydes is 1. The number of hydrogen-bond donors (Lipinski definition) is 0. The Hall–Kier alpha value is -3.13. The Bertz CT molecular complexity index is 894. The zero-order valence-electron chi connectivity index (χ0n) is 16.8. The lowest BCUT2D eigenvalue weighted by Gasteiger charge is -2.39. The molecule has 2 aromatic rings. The first kappa shape index (κ1) is 20.6. The molecule has 29 heavy (non-hydrogen) atoms. The topological polar surface area (TPSA) is 85.2 Å². The Kier molecular flexibility index (Phi) is 6.33. The summed E-state index contributed by atoms with van der Waals surface area (Å²) in [5, 5.41) is 11.4. The molecule has 0 radical (unpaired) electrons. The number of nitro groups is 1. The molecule has 154 valence electrons. The Morgan fingerprint density at radius 2 is 1.79 bits per heavy atom. The van der Waals surface area contributed by atoms with Gasteiger partial charge in [-0.3, -0.25) is 19.8 Å². The molecule has 1 aliphatic rings. The molecule has 0 aliphatic carbocycles. The van der Waals surface area contributed by atoms with E-state index in [-0.39, 0.29) is 11.7 Å². The van der Waals surface area contributed by atoms with Gasteiger partial charge in [0.25, 0.3) is 5.69 Å². The average molecular weight is 399 g/mol. The van der Waals surface area contributed by atoms with Crippen molar-refractivity contribution in [2.24, 2.45) is 0 Å². The highest BCUT2D eigenvalue weighted by Crippen LogP contribution is 2.34. The zero-order valence-corrected chi connectivity index (χ0v) is 16.8. The van der Waals surface area contributed by atoms with Crippen LogP contribution in [-0.2, 0) is 0 Å². The number of carbonyl (C=O) groups is 1. The molecule has 0 saturated carbocycles. The van der Waals surface area contributed by atoms with Crippen molar-refractivity contribution >= 4 is 17.7 Å². The fourth-order valence-electron chi connectivity index (χ4n) is 3.74. The average Bonchev–Trinajstić information content (AvgIpc) is 2.77. The van der Waals surface area contributed by atoms with Crippen LogP contribution in [0.4, 0.5) is 11.4 Å². The molecule has 3 rings (SSSR count). The minimum Gasteiger partial charge on any atom is -0.497 e. The number of nitrogens with zero attached hydrogens (tertiary/aromatic N) is 3. The van der Waals surface area contributed by atoms with E-state index in [1.54, 1.807) is 26.4 Å². The van der Waals surface area contributed by atoms with Crippen LogP contribution in [0.5, 0.6) is 11.5 Å². The SMILES string of the molecule is COc1ccc(C(C)N2CCN(c3ccc(C=O)cc3[N+](=O)[O-])CC2)c(OC)c1. The van der Waals surface area contributed by atoms with Gasteiger partial charge < -0.3 is 14.4 Å². The van der Waals surface area contributed by atoms with Gasteiger partial charge in [-0.05, 0) is 25.1 Å². The second-order valence-electron chi connectivity index (χ2n) is 6.93. The lowest BCUT2D eigenvalue weighted by molar-refractivity contribution is -0.384. The molecule has 1 atom stereocenters. The van der Waals surface area contributed by atoms with E-state index in [4.69, 9.17) is 9.47 Å².